The number of piperidine rings is 1. The fourth-order valence-corrected chi connectivity index (χ4v) is 6.06. The molecular formula is C14H23BrN2O2S2. The molecule has 0 atom stereocenters. The normalized spacial score (nSPS) is 18.2. The van der Waals surface area contributed by atoms with E-state index in [4.69, 9.17) is 0 Å². The zero-order valence-corrected chi connectivity index (χ0v) is 15.8. The van der Waals surface area contributed by atoms with Gasteiger partial charge in [-0.2, -0.15) is 0 Å². The Morgan fingerprint density at radius 1 is 1.43 bits per heavy atom. The second-order valence-corrected chi connectivity index (χ2v) is 10.1. The van der Waals surface area contributed by atoms with Crippen LogP contribution in [0.15, 0.2) is 14.7 Å². The van der Waals surface area contributed by atoms with Gasteiger partial charge in [-0.05, 0) is 73.7 Å². The van der Waals surface area contributed by atoms with Gasteiger partial charge in [0.25, 0.3) is 0 Å². The first kappa shape index (κ1) is 17.4. The van der Waals surface area contributed by atoms with Crippen LogP contribution < -0.4 is 4.72 Å². The zero-order valence-electron chi connectivity index (χ0n) is 12.6. The fraction of sp³-hybridized carbons (Fsp3) is 0.714. The van der Waals surface area contributed by atoms with Crippen LogP contribution in [0.25, 0.3) is 0 Å². The molecule has 1 fully saturated rings. The molecule has 120 valence electrons. The van der Waals surface area contributed by atoms with E-state index in [0.717, 1.165) is 40.6 Å². The Bertz CT molecular complexity index is 564. The largest absolute Gasteiger partial charge is 0.303 e. The molecule has 1 N–H and O–H groups in total. The van der Waals surface area contributed by atoms with Crippen molar-refractivity contribution in [3.63, 3.8) is 0 Å². The molecule has 1 aromatic heterocycles. The highest BCUT2D eigenvalue weighted by atomic mass is 79.9. The maximum Gasteiger partial charge on any atom is 0.241 e. The molecule has 1 saturated heterocycles. The van der Waals surface area contributed by atoms with Crippen molar-refractivity contribution in [1.29, 1.82) is 0 Å². The smallest absolute Gasteiger partial charge is 0.241 e. The summed E-state index contributed by atoms with van der Waals surface area (Å²) in [6, 6.07) is 1.67. The van der Waals surface area contributed by atoms with Crippen LogP contribution in [0.4, 0.5) is 0 Å². The number of nitrogens with one attached hydrogen (secondary N) is 1. The molecule has 0 saturated carbocycles. The molecule has 0 aliphatic carbocycles. The summed E-state index contributed by atoms with van der Waals surface area (Å²) in [6.45, 7) is 7.89. The van der Waals surface area contributed by atoms with E-state index < -0.39 is 10.0 Å². The Morgan fingerprint density at radius 3 is 2.67 bits per heavy atom. The monoisotopic (exact) mass is 394 g/mol. The molecule has 0 aromatic carbocycles. The molecule has 1 aliphatic rings. The highest BCUT2D eigenvalue weighted by Gasteiger charge is 2.19. The predicted molar refractivity (Wildman–Crippen MR) is 91.4 cm³/mol. The molecule has 2 heterocycles. The number of nitrogens with zero attached hydrogens (tertiary/aromatic N) is 1. The topological polar surface area (TPSA) is 49.4 Å². The van der Waals surface area contributed by atoms with E-state index in [-0.39, 0.29) is 0 Å². The summed E-state index contributed by atoms with van der Waals surface area (Å²) in [5, 5.41) is 0. The van der Waals surface area contributed by atoms with Crippen LogP contribution >= 0.6 is 27.3 Å². The SMILES string of the molecule is Cc1sc(Br)cc1S(=O)(=O)NCCCN1CCC(C)CC1. The highest BCUT2D eigenvalue weighted by Crippen LogP contribution is 2.29. The highest BCUT2D eigenvalue weighted by molar-refractivity contribution is 9.11. The van der Waals surface area contributed by atoms with Gasteiger partial charge in [-0.25, -0.2) is 13.1 Å². The summed E-state index contributed by atoms with van der Waals surface area (Å²) in [4.78, 5) is 3.64. The lowest BCUT2D eigenvalue weighted by molar-refractivity contribution is 0.191. The zero-order chi connectivity index (χ0) is 15.5. The molecule has 21 heavy (non-hydrogen) atoms. The molecule has 4 nitrogen and oxygen atoms in total. The standard InChI is InChI=1S/C14H23BrN2O2S2/c1-11-4-8-17(9-5-11)7-3-6-16-21(18,19)13-10-14(15)20-12(13)2/h10-11,16H,3-9H2,1-2H3. The molecule has 0 spiro atoms. The van der Waals surface area contributed by atoms with Gasteiger partial charge in [0.05, 0.1) is 8.68 Å². The first-order valence-corrected chi connectivity index (χ1v) is 10.5. The van der Waals surface area contributed by atoms with E-state index in [2.05, 4.69) is 32.5 Å². The number of hydrogen-bond donors (Lipinski definition) is 1. The second-order valence-electron chi connectivity index (χ2n) is 5.75. The number of likely N-dealkylation sites (tertiary alicyclic amines) is 1. The lowest BCUT2D eigenvalue weighted by Crippen LogP contribution is -2.35. The number of rotatable bonds is 6. The molecule has 0 radical (unpaired) electrons. The van der Waals surface area contributed by atoms with Gasteiger partial charge < -0.3 is 4.90 Å². The first-order chi connectivity index (χ1) is 9.88. The van der Waals surface area contributed by atoms with E-state index in [1.807, 2.05) is 6.92 Å². The maximum atomic E-state index is 12.2. The molecule has 0 unspecified atom stereocenters. The Kier molecular flexibility index (Phi) is 6.25. The molecule has 0 bridgehead atoms. The molecule has 1 aromatic rings. The van der Waals surface area contributed by atoms with Gasteiger partial charge in [0.15, 0.2) is 0 Å². The van der Waals surface area contributed by atoms with Gasteiger partial charge in [0.1, 0.15) is 0 Å². The summed E-state index contributed by atoms with van der Waals surface area (Å²) in [5.74, 6) is 0.833. The van der Waals surface area contributed by atoms with Crippen molar-refractivity contribution in [3.8, 4) is 0 Å². The maximum absolute atomic E-state index is 12.2. The Morgan fingerprint density at radius 2 is 2.10 bits per heavy atom. The fourth-order valence-electron chi connectivity index (χ4n) is 2.57. The van der Waals surface area contributed by atoms with Crippen molar-refractivity contribution in [2.75, 3.05) is 26.2 Å². The molecule has 0 amide bonds. The van der Waals surface area contributed by atoms with Crippen LogP contribution in [0.3, 0.4) is 0 Å². The Balaban J connectivity index is 1.76. The van der Waals surface area contributed by atoms with Crippen LogP contribution in [0.2, 0.25) is 0 Å². The van der Waals surface area contributed by atoms with Gasteiger partial charge in [-0.3, -0.25) is 0 Å². The quantitative estimate of drug-likeness (QED) is 0.753. The van der Waals surface area contributed by atoms with Crippen LogP contribution in [0.5, 0.6) is 0 Å². The third kappa shape index (κ3) is 5.03. The Labute approximate surface area is 140 Å². The average molecular weight is 395 g/mol. The minimum atomic E-state index is -3.37. The summed E-state index contributed by atoms with van der Waals surface area (Å²) < 4.78 is 28.0. The second kappa shape index (κ2) is 7.55. The number of aryl methyl sites for hydroxylation is 1. The lowest BCUT2D eigenvalue weighted by Gasteiger charge is -2.30. The number of hydrogen-bond acceptors (Lipinski definition) is 4. The van der Waals surface area contributed by atoms with E-state index in [0.29, 0.717) is 11.4 Å². The van der Waals surface area contributed by atoms with Crippen molar-refractivity contribution >= 4 is 37.3 Å². The number of thiophene rings is 1. The average Bonchev–Trinajstić information content (AvgIpc) is 2.77. The van der Waals surface area contributed by atoms with Crippen molar-refractivity contribution in [2.45, 2.75) is 38.0 Å². The van der Waals surface area contributed by atoms with E-state index in [1.54, 1.807) is 6.07 Å². The third-order valence-electron chi connectivity index (χ3n) is 3.95. The van der Waals surface area contributed by atoms with Gasteiger partial charge in [-0.1, -0.05) is 6.92 Å². The lowest BCUT2D eigenvalue weighted by atomic mass is 9.99. The molecular weight excluding hydrogens is 372 g/mol. The van der Waals surface area contributed by atoms with Crippen LogP contribution in [-0.2, 0) is 10.0 Å². The van der Waals surface area contributed by atoms with E-state index in [1.165, 1.54) is 24.2 Å². The van der Waals surface area contributed by atoms with E-state index in [9.17, 15) is 8.42 Å². The van der Waals surface area contributed by atoms with Crippen LogP contribution in [0.1, 0.15) is 31.1 Å². The summed E-state index contributed by atoms with van der Waals surface area (Å²) in [6.07, 6.45) is 3.37. The first-order valence-electron chi connectivity index (χ1n) is 7.36. The van der Waals surface area contributed by atoms with Gasteiger partial charge in [0, 0.05) is 11.4 Å². The van der Waals surface area contributed by atoms with Crippen molar-refractivity contribution in [3.05, 3.63) is 14.7 Å². The molecule has 1 aliphatic heterocycles. The molecule has 2 rings (SSSR count). The summed E-state index contributed by atoms with van der Waals surface area (Å²) in [7, 11) is -3.37. The summed E-state index contributed by atoms with van der Waals surface area (Å²) >= 11 is 4.78. The minimum Gasteiger partial charge on any atom is -0.303 e. The van der Waals surface area contributed by atoms with Gasteiger partial charge in [-0.15, -0.1) is 11.3 Å². The van der Waals surface area contributed by atoms with Gasteiger partial charge >= 0.3 is 0 Å². The minimum absolute atomic E-state index is 0.395. The number of halogens is 1. The molecule has 7 heteroatoms. The van der Waals surface area contributed by atoms with Crippen LogP contribution in [0, 0.1) is 12.8 Å². The third-order valence-corrected chi connectivity index (χ3v) is 7.22. The van der Waals surface area contributed by atoms with Crippen molar-refractivity contribution < 1.29 is 8.42 Å². The number of sulfonamides is 1. The Hall–Kier alpha value is 0.0500. The van der Waals surface area contributed by atoms with Gasteiger partial charge in [0.2, 0.25) is 10.0 Å². The predicted octanol–water partition coefficient (Wildman–Crippen LogP) is 3.22. The van der Waals surface area contributed by atoms with Crippen molar-refractivity contribution in [2.24, 2.45) is 5.92 Å². The van der Waals surface area contributed by atoms with Crippen LogP contribution in [-0.4, -0.2) is 39.5 Å². The van der Waals surface area contributed by atoms with E-state index >= 15 is 0 Å². The summed E-state index contributed by atoms with van der Waals surface area (Å²) in [5.41, 5.74) is 0. The van der Waals surface area contributed by atoms with Crippen molar-refractivity contribution in [1.82, 2.24) is 9.62 Å².